The van der Waals surface area contributed by atoms with E-state index in [9.17, 15) is 19.8 Å². The van der Waals surface area contributed by atoms with Crippen LogP contribution in [0.1, 0.15) is 74.2 Å². The minimum atomic E-state index is -1.15. The summed E-state index contributed by atoms with van der Waals surface area (Å²) in [5.41, 5.74) is -1.29. The number of nitrogens with one attached hydrogen (secondary N) is 1. The molecule has 6 aliphatic carbocycles. The summed E-state index contributed by atoms with van der Waals surface area (Å²) in [6.07, 6.45) is 13.9. The van der Waals surface area contributed by atoms with Gasteiger partial charge < -0.3 is 24.8 Å². The third-order valence-electron chi connectivity index (χ3n) is 13.7. The summed E-state index contributed by atoms with van der Waals surface area (Å²) in [7, 11) is 0. The number of nitrogens with zero attached hydrogens (tertiary/aromatic N) is 1. The molecule has 3 fully saturated rings. The van der Waals surface area contributed by atoms with Gasteiger partial charge in [-0.2, -0.15) is 0 Å². The van der Waals surface area contributed by atoms with Crippen LogP contribution in [-0.4, -0.2) is 51.7 Å². The fourth-order valence-electron chi connectivity index (χ4n) is 11.1. The number of ketones is 1. The number of aliphatic hydroxyl groups is 2. The Bertz CT molecular complexity index is 1750. The lowest BCUT2D eigenvalue weighted by atomic mass is 9.32. The second kappa shape index (κ2) is 11.3. The zero-order valence-corrected chi connectivity index (χ0v) is 28.7. The number of thiophene rings is 1. The highest BCUT2D eigenvalue weighted by molar-refractivity contribution is 7.09. The molecule has 3 aromatic rings. The van der Waals surface area contributed by atoms with Crippen molar-refractivity contribution in [1.82, 2.24) is 4.90 Å². The van der Waals surface area contributed by atoms with E-state index >= 15 is 0 Å². The van der Waals surface area contributed by atoms with Crippen LogP contribution in [0.3, 0.4) is 0 Å². The molecule has 8 atom stereocenters. The Hall–Kier alpha value is -3.46. The molecule has 9 rings (SSSR count). The third kappa shape index (κ3) is 4.51. The summed E-state index contributed by atoms with van der Waals surface area (Å²) >= 11 is 1.68. The summed E-state index contributed by atoms with van der Waals surface area (Å²) in [6, 6.07) is 16.9. The largest absolute Gasteiger partial charge is 0.461 e. The molecule has 0 saturated heterocycles. The Morgan fingerprint density at radius 1 is 0.958 bits per heavy atom. The third-order valence-corrected chi connectivity index (χ3v) is 14.6. The molecule has 2 bridgehead atoms. The van der Waals surface area contributed by atoms with Gasteiger partial charge in [0, 0.05) is 38.9 Å². The second-order valence-corrected chi connectivity index (χ2v) is 16.7. The van der Waals surface area contributed by atoms with E-state index < -0.39 is 27.9 Å². The van der Waals surface area contributed by atoms with Crippen molar-refractivity contribution in [2.24, 2.45) is 33.5 Å². The fourth-order valence-corrected chi connectivity index (χ4v) is 11.8. The van der Waals surface area contributed by atoms with Gasteiger partial charge in [-0.3, -0.25) is 4.79 Å². The number of aliphatic hydroxyl groups excluding tert-OH is 1. The Kier molecular flexibility index (Phi) is 7.48. The van der Waals surface area contributed by atoms with Crippen LogP contribution in [0.5, 0.6) is 0 Å². The van der Waals surface area contributed by atoms with Gasteiger partial charge in [-0.1, -0.05) is 56.3 Å². The molecule has 1 aromatic carbocycles. The number of rotatable bonds is 8. The van der Waals surface area contributed by atoms with E-state index in [1.165, 1.54) is 4.88 Å². The number of carbonyl (C=O) groups excluding carboxylic acids is 2. The van der Waals surface area contributed by atoms with Gasteiger partial charge >= 0.3 is 6.03 Å². The zero-order chi connectivity index (χ0) is 33.4. The van der Waals surface area contributed by atoms with Crippen LogP contribution in [0.25, 0.3) is 0 Å². The molecule has 3 N–H and O–H groups in total. The van der Waals surface area contributed by atoms with Crippen LogP contribution >= 0.6 is 11.3 Å². The minimum Gasteiger partial charge on any atom is -0.461 e. The van der Waals surface area contributed by atoms with Gasteiger partial charge in [0.15, 0.2) is 5.76 Å². The first-order valence-corrected chi connectivity index (χ1v) is 18.5. The normalized spacial score (nSPS) is 37.7. The van der Waals surface area contributed by atoms with Crippen molar-refractivity contribution in [1.29, 1.82) is 0 Å². The van der Waals surface area contributed by atoms with Crippen LogP contribution in [0.4, 0.5) is 10.5 Å². The van der Waals surface area contributed by atoms with E-state index in [4.69, 9.17) is 4.42 Å². The molecule has 2 heterocycles. The van der Waals surface area contributed by atoms with E-state index in [1.54, 1.807) is 34.6 Å². The standard InChI is InChI=1S/C40H46N2O5S/c1-36-16-12-28(43)24-38(36)19-20-40(30(25-38)34(44)31-11-6-22-47-31)32(36)13-17-37(2)33(40)14-18-39(37,46)26-42(21-15-29-10-7-23-48-29)35(45)41-27-8-4-3-5-9-27/h3-11,19-20,22-23,25,28,32-33,43,46H,12-18,21,24,26H2,1-2H3,(H,41,45). The summed E-state index contributed by atoms with van der Waals surface area (Å²) < 4.78 is 5.71. The highest BCUT2D eigenvalue weighted by atomic mass is 32.1. The van der Waals surface area contributed by atoms with E-state index in [0.717, 1.165) is 43.4 Å². The molecule has 2 aromatic heterocycles. The van der Waals surface area contributed by atoms with Gasteiger partial charge in [-0.25, -0.2) is 4.79 Å². The molecule has 2 amide bonds. The summed E-state index contributed by atoms with van der Waals surface area (Å²) in [5, 5.41) is 29.0. The molecular weight excluding hydrogens is 621 g/mol. The number of para-hydroxylation sites is 1. The van der Waals surface area contributed by atoms with Crippen molar-refractivity contribution in [3.63, 3.8) is 0 Å². The number of urea groups is 1. The maximum Gasteiger partial charge on any atom is 0.321 e. The highest BCUT2D eigenvalue weighted by Crippen LogP contribution is 2.78. The Labute approximate surface area is 286 Å². The van der Waals surface area contributed by atoms with Crippen molar-refractivity contribution in [2.45, 2.75) is 76.9 Å². The molecular formula is C40H46N2O5S. The number of benzene rings is 1. The van der Waals surface area contributed by atoms with Gasteiger partial charge in [0.2, 0.25) is 5.78 Å². The molecule has 0 radical (unpaired) electrons. The van der Waals surface area contributed by atoms with Crippen molar-refractivity contribution in [3.8, 4) is 0 Å². The van der Waals surface area contributed by atoms with Crippen LogP contribution < -0.4 is 5.32 Å². The Balaban J connectivity index is 1.17. The van der Waals surface area contributed by atoms with Crippen molar-refractivity contribution in [2.75, 3.05) is 18.4 Å². The lowest BCUT2D eigenvalue weighted by Gasteiger charge is -2.71. The number of allylic oxidation sites excluding steroid dienone is 4. The SMILES string of the molecule is CC12CCC(O)CC13C=CC1(C(C(=O)c4ccco4)=C3)C2CCC2(C)C1CCC2(O)CN(CCc1cccs1)C(=O)Nc1ccccc1. The summed E-state index contributed by atoms with van der Waals surface area (Å²) in [4.78, 5) is 31.4. The number of amides is 2. The van der Waals surface area contributed by atoms with Gasteiger partial charge in [0.05, 0.1) is 24.5 Å². The van der Waals surface area contributed by atoms with Crippen molar-refractivity contribution >= 4 is 28.8 Å². The highest BCUT2D eigenvalue weighted by Gasteiger charge is 2.74. The predicted octanol–water partition coefficient (Wildman–Crippen LogP) is 7.89. The quantitative estimate of drug-likeness (QED) is 0.168. The second-order valence-electron chi connectivity index (χ2n) is 15.7. The topological polar surface area (TPSA) is 103 Å². The predicted molar refractivity (Wildman–Crippen MR) is 187 cm³/mol. The molecule has 0 aliphatic heterocycles. The molecule has 48 heavy (non-hydrogen) atoms. The number of Topliss-reactive ketones (excluding diaryl/α,β-unsaturated/α-hetero) is 1. The molecule has 7 nitrogen and oxygen atoms in total. The maximum absolute atomic E-state index is 14.5. The summed E-state index contributed by atoms with van der Waals surface area (Å²) in [5.74, 6) is 0.435. The van der Waals surface area contributed by atoms with Crippen LogP contribution in [0.2, 0.25) is 0 Å². The molecule has 6 aliphatic rings. The average Bonchev–Trinajstić information content (AvgIpc) is 3.85. The van der Waals surface area contributed by atoms with E-state index in [2.05, 4.69) is 48.8 Å². The number of furan rings is 1. The molecule has 3 saturated carbocycles. The number of fused-ring (bicyclic) bond motifs is 1. The lowest BCUT2D eigenvalue weighted by molar-refractivity contribution is -0.174. The van der Waals surface area contributed by atoms with E-state index in [0.29, 0.717) is 31.6 Å². The number of anilines is 1. The fraction of sp³-hybridized carbons (Fsp3) is 0.500. The zero-order valence-electron chi connectivity index (χ0n) is 27.9. The first kappa shape index (κ1) is 31.8. The Morgan fingerprint density at radius 2 is 1.73 bits per heavy atom. The van der Waals surface area contributed by atoms with Gasteiger partial charge in [0.25, 0.3) is 0 Å². The number of carbonyl (C=O) groups is 2. The number of hydrogen-bond donors (Lipinski definition) is 3. The molecule has 8 unspecified atom stereocenters. The van der Waals surface area contributed by atoms with E-state index in [-0.39, 0.29) is 35.6 Å². The van der Waals surface area contributed by atoms with Crippen LogP contribution in [-0.2, 0) is 6.42 Å². The summed E-state index contributed by atoms with van der Waals surface area (Å²) in [6.45, 7) is 5.30. The van der Waals surface area contributed by atoms with Crippen molar-refractivity contribution in [3.05, 3.63) is 101 Å². The van der Waals surface area contributed by atoms with Crippen LogP contribution in [0.15, 0.2) is 94.5 Å². The molecule has 8 heteroatoms. The minimum absolute atomic E-state index is 0.00605. The Morgan fingerprint density at radius 3 is 2.48 bits per heavy atom. The van der Waals surface area contributed by atoms with Gasteiger partial charge in [-0.05, 0) is 104 Å². The monoisotopic (exact) mass is 666 g/mol. The maximum atomic E-state index is 14.5. The van der Waals surface area contributed by atoms with Crippen LogP contribution in [0, 0.1) is 33.5 Å². The van der Waals surface area contributed by atoms with Crippen molar-refractivity contribution < 1.29 is 24.2 Å². The average molecular weight is 667 g/mol. The first-order valence-electron chi connectivity index (χ1n) is 17.6. The smallest absolute Gasteiger partial charge is 0.321 e. The lowest BCUT2D eigenvalue weighted by Crippen LogP contribution is -2.67. The number of hydrogen-bond acceptors (Lipinski definition) is 6. The molecule has 252 valence electrons. The van der Waals surface area contributed by atoms with E-state index in [1.807, 2.05) is 36.4 Å². The first-order chi connectivity index (χ1) is 23.0. The van der Waals surface area contributed by atoms with Gasteiger partial charge in [-0.15, -0.1) is 11.3 Å². The van der Waals surface area contributed by atoms with Gasteiger partial charge in [0.1, 0.15) is 0 Å². The molecule has 2 spiro atoms.